The molecule has 1 aromatic heterocycles. The highest BCUT2D eigenvalue weighted by Gasteiger charge is 2.18. The maximum absolute atomic E-state index is 4.35. The van der Waals surface area contributed by atoms with Crippen molar-refractivity contribution in [2.45, 2.75) is 41.5 Å². The quantitative estimate of drug-likeness (QED) is 0.790. The maximum atomic E-state index is 4.35. The van der Waals surface area contributed by atoms with Crippen molar-refractivity contribution in [2.24, 2.45) is 17.8 Å². The second-order valence-electron chi connectivity index (χ2n) is 5.76. The smallest absolute Gasteiger partial charge is 0.134 e. The minimum Gasteiger partial charge on any atom is -0.370 e. The lowest BCUT2D eigenvalue weighted by Gasteiger charge is -2.25. The molecule has 1 heterocycles. The van der Waals surface area contributed by atoms with Crippen LogP contribution in [-0.2, 0) is 0 Å². The molecule has 108 valence electrons. The van der Waals surface area contributed by atoms with Gasteiger partial charge >= 0.3 is 0 Å². The van der Waals surface area contributed by atoms with Gasteiger partial charge in [0.15, 0.2) is 0 Å². The number of anilines is 2. The van der Waals surface area contributed by atoms with E-state index in [1.807, 2.05) is 0 Å². The van der Waals surface area contributed by atoms with Crippen LogP contribution in [0.4, 0.5) is 11.6 Å². The lowest BCUT2D eigenvalue weighted by molar-refractivity contribution is 0.304. The van der Waals surface area contributed by atoms with Gasteiger partial charge in [-0.1, -0.05) is 27.7 Å². The standard InChI is InChI=1S/C15H28N4/c1-7-16-14-12(6)15(19-9-18-14)17-8-13(10(2)3)11(4)5/h9-11,13H,7-8H2,1-6H3,(H2,16,17,18,19). The van der Waals surface area contributed by atoms with Crippen LogP contribution < -0.4 is 10.6 Å². The summed E-state index contributed by atoms with van der Waals surface area (Å²) < 4.78 is 0. The molecule has 0 spiro atoms. The van der Waals surface area contributed by atoms with Crippen LogP contribution in [0.5, 0.6) is 0 Å². The van der Waals surface area contributed by atoms with Gasteiger partial charge in [0.1, 0.15) is 18.0 Å². The first kappa shape index (κ1) is 15.7. The van der Waals surface area contributed by atoms with Gasteiger partial charge in [0.25, 0.3) is 0 Å². The van der Waals surface area contributed by atoms with Crippen molar-refractivity contribution in [3.63, 3.8) is 0 Å². The van der Waals surface area contributed by atoms with Crippen LogP contribution >= 0.6 is 0 Å². The number of rotatable bonds is 7. The van der Waals surface area contributed by atoms with Crippen molar-refractivity contribution in [1.82, 2.24) is 9.97 Å². The molecule has 0 bridgehead atoms. The van der Waals surface area contributed by atoms with Gasteiger partial charge in [-0.25, -0.2) is 9.97 Å². The number of aromatic nitrogens is 2. The Labute approximate surface area is 117 Å². The third-order valence-electron chi connectivity index (χ3n) is 3.65. The Morgan fingerprint density at radius 1 is 1.00 bits per heavy atom. The Bertz CT molecular complexity index is 380. The molecule has 1 aromatic rings. The first-order valence-corrected chi connectivity index (χ1v) is 7.26. The Morgan fingerprint density at radius 3 is 2.00 bits per heavy atom. The molecule has 1 rings (SSSR count). The van der Waals surface area contributed by atoms with E-state index in [2.05, 4.69) is 62.1 Å². The molecule has 0 aliphatic rings. The molecular formula is C15H28N4. The van der Waals surface area contributed by atoms with Crippen LogP contribution in [0.1, 0.15) is 40.2 Å². The molecular weight excluding hydrogens is 236 g/mol. The average Bonchev–Trinajstić information content (AvgIpc) is 2.33. The number of hydrogen-bond acceptors (Lipinski definition) is 4. The first-order chi connectivity index (χ1) is 8.97. The first-order valence-electron chi connectivity index (χ1n) is 7.26. The number of nitrogens with zero attached hydrogens (tertiary/aromatic N) is 2. The van der Waals surface area contributed by atoms with Gasteiger partial charge in [-0.2, -0.15) is 0 Å². The zero-order chi connectivity index (χ0) is 14.4. The van der Waals surface area contributed by atoms with E-state index >= 15 is 0 Å². The van der Waals surface area contributed by atoms with Crippen molar-refractivity contribution in [3.8, 4) is 0 Å². The maximum Gasteiger partial charge on any atom is 0.134 e. The minimum absolute atomic E-state index is 0.650. The van der Waals surface area contributed by atoms with E-state index in [1.165, 1.54) is 0 Å². The second-order valence-corrected chi connectivity index (χ2v) is 5.76. The number of nitrogens with one attached hydrogen (secondary N) is 2. The van der Waals surface area contributed by atoms with Crippen LogP contribution in [-0.4, -0.2) is 23.1 Å². The summed E-state index contributed by atoms with van der Waals surface area (Å²) in [5.74, 6) is 3.85. The van der Waals surface area contributed by atoms with Crippen molar-refractivity contribution < 1.29 is 0 Å². The summed E-state index contributed by atoms with van der Waals surface area (Å²) in [6.45, 7) is 15.1. The van der Waals surface area contributed by atoms with Gasteiger partial charge in [-0.05, 0) is 31.6 Å². The normalized spacial score (nSPS) is 11.4. The minimum atomic E-state index is 0.650. The summed E-state index contributed by atoms with van der Waals surface area (Å²) in [5, 5.41) is 6.74. The van der Waals surface area contributed by atoms with Crippen LogP contribution in [0.25, 0.3) is 0 Å². The predicted molar refractivity (Wildman–Crippen MR) is 82.6 cm³/mol. The van der Waals surface area contributed by atoms with Gasteiger partial charge in [0.2, 0.25) is 0 Å². The SMILES string of the molecule is CCNc1ncnc(NCC(C(C)C)C(C)C)c1C. The lowest BCUT2D eigenvalue weighted by Crippen LogP contribution is -2.25. The van der Waals surface area contributed by atoms with E-state index in [1.54, 1.807) is 6.33 Å². The summed E-state index contributed by atoms with van der Waals surface area (Å²) in [6, 6.07) is 0. The molecule has 0 aliphatic carbocycles. The largest absolute Gasteiger partial charge is 0.370 e. The molecule has 0 atom stereocenters. The molecule has 0 aliphatic heterocycles. The molecule has 0 fully saturated rings. The highest BCUT2D eigenvalue weighted by molar-refractivity contribution is 5.56. The van der Waals surface area contributed by atoms with Crippen molar-refractivity contribution >= 4 is 11.6 Å². The average molecular weight is 264 g/mol. The topological polar surface area (TPSA) is 49.8 Å². The molecule has 0 saturated heterocycles. The highest BCUT2D eigenvalue weighted by Crippen LogP contribution is 2.23. The van der Waals surface area contributed by atoms with E-state index in [0.29, 0.717) is 17.8 Å². The fourth-order valence-electron chi connectivity index (χ4n) is 2.43. The Hall–Kier alpha value is -1.32. The zero-order valence-corrected chi connectivity index (χ0v) is 13.1. The third-order valence-corrected chi connectivity index (χ3v) is 3.65. The summed E-state index contributed by atoms with van der Waals surface area (Å²) >= 11 is 0. The number of hydrogen-bond donors (Lipinski definition) is 2. The Kier molecular flexibility index (Phi) is 6.06. The molecule has 0 amide bonds. The summed E-state index contributed by atoms with van der Waals surface area (Å²) in [6.07, 6.45) is 1.62. The third kappa shape index (κ3) is 4.37. The molecule has 0 radical (unpaired) electrons. The second kappa shape index (κ2) is 7.31. The van der Waals surface area contributed by atoms with Crippen molar-refractivity contribution in [3.05, 3.63) is 11.9 Å². The fourth-order valence-corrected chi connectivity index (χ4v) is 2.43. The van der Waals surface area contributed by atoms with E-state index in [0.717, 1.165) is 30.3 Å². The van der Waals surface area contributed by atoms with Gasteiger partial charge in [-0.15, -0.1) is 0 Å². The van der Waals surface area contributed by atoms with Crippen LogP contribution in [0, 0.1) is 24.7 Å². The van der Waals surface area contributed by atoms with E-state index in [9.17, 15) is 0 Å². The molecule has 2 N–H and O–H groups in total. The van der Waals surface area contributed by atoms with Crippen molar-refractivity contribution in [1.29, 1.82) is 0 Å². The Morgan fingerprint density at radius 2 is 1.53 bits per heavy atom. The molecule has 4 nitrogen and oxygen atoms in total. The van der Waals surface area contributed by atoms with Crippen molar-refractivity contribution in [2.75, 3.05) is 23.7 Å². The monoisotopic (exact) mass is 264 g/mol. The zero-order valence-electron chi connectivity index (χ0n) is 13.1. The van der Waals surface area contributed by atoms with Crippen LogP contribution in [0.15, 0.2) is 6.33 Å². The lowest BCUT2D eigenvalue weighted by atomic mass is 9.85. The van der Waals surface area contributed by atoms with Gasteiger partial charge in [0.05, 0.1) is 0 Å². The Balaban J connectivity index is 2.74. The van der Waals surface area contributed by atoms with Gasteiger partial charge < -0.3 is 10.6 Å². The molecule has 0 aromatic carbocycles. The molecule has 19 heavy (non-hydrogen) atoms. The van der Waals surface area contributed by atoms with E-state index in [4.69, 9.17) is 0 Å². The summed E-state index contributed by atoms with van der Waals surface area (Å²) in [7, 11) is 0. The van der Waals surface area contributed by atoms with Crippen LogP contribution in [0.2, 0.25) is 0 Å². The van der Waals surface area contributed by atoms with Crippen LogP contribution in [0.3, 0.4) is 0 Å². The highest BCUT2D eigenvalue weighted by atomic mass is 15.1. The predicted octanol–water partition coefficient (Wildman–Crippen LogP) is 3.56. The van der Waals surface area contributed by atoms with E-state index in [-0.39, 0.29) is 0 Å². The van der Waals surface area contributed by atoms with Gasteiger partial charge in [-0.3, -0.25) is 0 Å². The molecule has 4 heteroatoms. The fraction of sp³-hybridized carbons (Fsp3) is 0.733. The van der Waals surface area contributed by atoms with E-state index < -0.39 is 0 Å². The summed E-state index contributed by atoms with van der Waals surface area (Å²) in [5.41, 5.74) is 1.09. The summed E-state index contributed by atoms with van der Waals surface area (Å²) in [4.78, 5) is 8.61. The molecule has 0 saturated carbocycles. The molecule has 0 unspecified atom stereocenters. The van der Waals surface area contributed by atoms with Gasteiger partial charge in [0, 0.05) is 18.7 Å².